The molecular weight excluding hydrogens is 434 g/mol. The number of benzene rings is 2. The number of anilines is 2. The van der Waals surface area contributed by atoms with E-state index < -0.39 is 23.6 Å². The zero-order valence-electron chi connectivity index (χ0n) is 16.4. The molecule has 0 saturated carbocycles. The number of halogens is 4. The Morgan fingerprint density at radius 1 is 1.03 bits per heavy atom. The molecule has 0 aliphatic heterocycles. The largest absolute Gasteiger partial charge is 0.416 e. The molecule has 3 rings (SSSR count). The van der Waals surface area contributed by atoms with Gasteiger partial charge in [-0.3, -0.25) is 9.59 Å². The molecule has 3 aromatic rings. The van der Waals surface area contributed by atoms with E-state index in [2.05, 4.69) is 15.6 Å². The lowest BCUT2D eigenvalue weighted by molar-refractivity contribution is -0.137. The topological polar surface area (TPSA) is 71.1 Å². The molecule has 2 aromatic carbocycles. The predicted octanol–water partition coefficient (Wildman–Crippen LogP) is 5.41. The van der Waals surface area contributed by atoms with Crippen molar-refractivity contribution >= 4 is 34.5 Å². The third-order valence-corrected chi connectivity index (χ3v) is 5.38. The van der Waals surface area contributed by atoms with Crippen molar-refractivity contribution in [3.63, 3.8) is 0 Å². The van der Waals surface area contributed by atoms with Gasteiger partial charge in [-0.15, -0.1) is 11.3 Å². The lowest BCUT2D eigenvalue weighted by atomic mass is 10.1. The summed E-state index contributed by atoms with van der Waals surface area (Å²) in [5.41, 5.74) is 0.112. The van der Waals surface area contributed by atoms with E-state index in [1.165, 1.54) is 19.1 Å². The van der Waals surface area contributed by atoms with E-state index in [1.807, 2.05) is 0 Å². The highest BCUT2D eigenvalue weighted by Gasteiger charge is 2.31. The van der Waals surface area contributed by atoms with Crippen LogP contribution < -0.4 is 10.6 Å². The maximum Gasteiger partial charge on any atom is 0.416 e. The highest BCUT2D eigenvalue weighted by molar-refractivity contribution is 7.14. The van der Waals surface area contributed by atoms with Crippen molar-refractivity contribution in [2.24, 2.45) is 0 Å². The van der Waals surface area contributed by atoms with E-state index >= 15 is 0 Å². The van der Waals surface area contributed by atoms with E-state index in [4.69, 9.17) is 0 Å². The smallest absolute Gasteiger partial charge is 0.325 e. The van der Waals surface area contributed by atoms with E-state index in [1.54, 1.807) is 19.1 Å². The van der Waals surface area contributed by atoms with Gasteiger partial charge in [0.2, 0.25) is 5.91 Å². The number of nitrogens with one attached hydrogen (secondary N) is 2. The molecule has 0 unspecified atom stereocenters. The van der Waals surface area contributed by atoms with E-state index in [0.717, 1.165) is 35.1 Å². The van der Waals surface area contributed by atoms with Crippen LogP contribution in [-0.4, -0.2) is 16.8 Å². The zero-order chi connectivity index (χ0) is 22.8. The highest BCUT2D eigenvalue weighted by Crippen LogP contribution is 2.34. The number of alkyl halides is 3. The van der Waals surface area contributed by atoms with E-state index in [-0.39, 0.29) is 22.1 Å². The van der Waals surface area contributed by atoms with Gasteiger partial charge in [0.15, 0.2) is 0 Å². The average Bonchev–Trinajstić information content (AvgIpc) is 3.04. The maximum absolute atomic E-state index is 13.1. The molecule has 0 radical (unpaired) electrons. The van der Waals surface area contributed by atoms with Crippen LogP contribution in [0.1, 0.15) is 38.4 Å². The molecule has 0 atom stereocenters. The number of amides is 2. The molecule has 5 nitrogen and oxygen atoms in total. The number of hydrogen-bond donors (Lipinski definition) is 2. The number of thiazole rings is 1. The first-order chi connectivity index (χ1) is 14.5. The van der Waals surface area contributed by atoms with Crippen LogP contribution in [0.15, 0.2) is 42.5 Å². The molecular formula is C21H17F4N3O2S. The summed E-state index contributed by atoms with van der Waals surface area (Å²) in [7, 11) is 0. The summed E-state index contributed by atoms with van der Waals surface area (Å²) in [6, 6.07) is 8.52. The Kier molecular flexibility index (Phi) is 6.40. The fourth-order valence-corrected chi connectivity index (χ4v) is 3.81. The first-order valence-corrected chi connectivity index (χ1v) is 9.85. The third-order valence-electron chi connectivity index (χ3n) is 4.22. The fourth-order valence-electron chi connectivity index (χ4n) is 2.82. The number of hydrogen-bond acceptors (Lipinski definition) is 4. The minimum absolute atomic E-state index is 0.0440. The summed E-state index contributed by atoms with van der Waals surface area (Å²) in [6.07, 6.45) is -4.24. The van der Waals surface area contributed by atoms with Gasteiger partial charge in [0, 0.05) is 13.3 Å². The zero-order valence-corrected chi connectivity index (χ0v) is 17.2. The van der Waals surface area contributed by atoms with Crippen molar-refractivity contribution in [3.05, 3.63) is 75.0 Å². The average molecular weight is 451 g/mol. The molecule has 31 heavy (non-hydrogen) atoms. The Bertz CT molecular complexity index is 1120. The number of rotatable bonds is 5. The molecule has 0 aliphatic carbocycles. The fraction of sp³-hybridized carbons (Fsp3) is 0.190. The van der Waals surface area contributed by atoms with Crippen molar-refractivity contribution in [2.45, 2.75) is 26.4 Å². The van der Waals surface area contributed by atoms with Crippen LogP contribution in [0.4, 0.5) is 28.9 Å². The van der Waals surface area contributed by atoms with Gasteiger partial charge >= 0.3 is 6.18 Å². The molecule has 162 valence electrons. The molecule has 0 bridgehead atoms. The summed E-state index contributed by atoms with van der Waals surface area (Å²) in [5, 5.41) is 5.44. The van der Waals surface area contributed by atoms with Gasteiger partial charge in [-0.1, -0.05) is 12.1 Å². The predicted molar refractivity (Wildman–Crippen MR) is 110 cm³/mol. The molecule has 1 aromatic heterocycles. The summed E-state index contributed by atoms with van der Waals surface area (Å²) in [5.74, 6) is -1.51. The Labute approximate surface area is 179 Å². The van der Waals surface area contributed by atoms with E-state index in [9.17, 15) is 27.2 Å². The Morgan fingerprint density at radius 2 is 1.71 bits per heavy atom. The van der Waals surface area contributed by atoms with Crippen molar-refractivity contribution < 1.29 is 27.2 Å². The van der Waals surface area contributed by atoms with Gasteiger partial charge in [-0.05, 0) is 42.8 Å². The Hall–Kier alpha value is -3.27. The number of aromatic nitrogens is 1. The number of carbonyl (C=O) groups is 2. The van der Waals surface area contributed by atoms with Crippen LogP contribution in [-0.2, 0) is 17.4 Å². The number of nitrogens with zero attached hydrogens (tertiary/aromatic N) is 1. The lowest BCUT2D eigenvalue weighted by Gasteiger charge is -2.14. The molecule has 0 spiro atoms. The van der Waals surface area contributed by atoms with Crippen LogP contribution in [0, 0.1) is 12.7 Å². The van der Waals surface area contributed by atoms with Crippen LogP contribution in [0.2, 0.25) is 0 Å². The first kappa shape index (κ1) is 22.4. The van der Waals surface area contributed by atoms with Crippen molar-refractivity contribution in [1.29, 1.82) is 0 Å². The SMILES string of the molecule is CC(=O)Nc1ccc(C(F)(F)F)cc1NC(=O)c1sc(Cc2ccc(F)cc2)nc1C. The first-order valence-electron chi connectivity index (χ1n) is 9.04. The summed E-state index contributed by atoms with van der Waals surface area (Å²) >= 11 is 1.09. The summed E-state index contributed by atoms with van der Waals surface area (Å²) in [6.45, 7) is 2.82. The third kappa shape index (κ3) is 5.66. The van der Waals surface area contributed by atoms with Crippen LogP contribution in [0.25, 0.3) is 0 Å². The Balaban J connectivity index is 1.86. The molecule has 0 saturated heterocycles. The lowest BCUT2D eigenvalue weighted by Crippen LogP contribution is -2.16. The monoisotopic (exact) mass is 451 g/mol. The standard InChI is InChI=1S/C21H17F4N3O2S/c1-11-19(31-18(26-11)9-13-3-6-15(22)7-4-13)20(30)28-17-10-14(21(23,24)25)5-8-16(17)27-12(2)29/h3-8,10H,9H2,1-2H3,(H,27,29)(H,28,30). The normalized spacial score (nSPS) is 11.3. The van der Waals surface area contributed by atoms with Crippen LogP contribution in [0.3, 0.4) is 0 Å². The van der Waals surface area contributed by atoms with E-state index in [0.29, 0.717) is 17.1 Å². The van der Waals surface area contributed by atoms with Crippen molar-refractivity contribution in [3.8, 4) is 0 Å². The number of aryl methyl sites for hydroxylation is 1. The van der Waals surface area contributed by atoms with Crippen molar-refractivity contribution in [1.82, 2.24) is 4.98 Å². The molecule has 0 fully saturated rings. The van der Waals surface area contributed by atoms with Gasteiger partial charge in [-0.25, -0.2) is 9.37 Å². The minimum Gasteiger partial charge on any atom is -0.325 e. The second-order valence-electron chi connectivity index (χ2n) is 6.72. The van der Waals surface area contributed by atoms with Gasteiger partial charge in [0.05, 0.1) is 27.6 Å². The number of carbonyl (C=O) groups excluding carboxylic acids is 2. The molecule has 0 aliphatic rings. The summed E-state index contributed by atoms with van der Waals surface area (Å²) in [4.78, 5) is 28.7. The molecule has 10 heteroatoms. The quantitative estimate of drug-likeness (QED) is 0.510. The summed E-state index contributed by atoms with van der Waals surface area (Å²) < 4.78 is 52.3. The molecule has 2 N–H and O–H groups in total. The molecule has 2 amide bonds. The highest BCUT2D eigenvalue weighted by atomic mass is 32.1. The van der Waals surface area contributed by atoms with Crippen LogP contribution in [0.5, 0.6) is 0 Å². The Morgan fingerprint density at radius 3 is 2.32 bits per heavy atom. The minimum atomic E-state index is -4.61. The van der Waals surface area contributed by atoms with Crippen LogP contribution >= 0.6 is 11.3 Å². The second kappa shape index (κ2) is 8.84. The van der Waals surface area contributed by atoms with Gasteiger partial charge < -0.3 is 10.6 Å². The van der Waals surface area contributed by atoms with Crippen molar-refractivity contribution in [2.75, 3.05) is 10.6 Å². The van der Waals surface area contributed by atoms with Gasteiger partial charge in [0.1, 0.15) is 10.7 Å². The second-order valence-corrected chi connectivity index (χ2v) is 7.80. The maximum atomic E-state index is 13.1. The molecule has 1 heterocycles. The van der Waals surface area contributed by atoms with Gasteiger partial charge in [0.25, 0.3) is 5.91 Å². The van der Waals surface area contributed by atoms with Gasteiger partial charge in [-0.2, -0.15) is 13.2 Å².